The molecule has 0 spiro atoms. The Morgan fingerprint density at radius 3 is 1.58 bits per heavy atom. The van der Waals surface area contributed by atoms with Crippen LogP contribution >= 0.6 is 0 Å². The van der Waals surface area contributed by atoms with E-state index in [1.54, 1.807) is 0 Å². The Morgan fingerprint density at radius 2 is 0.911 bits per heavy atom. The van der Waals surface area contributed by atoms with Gasteiger partial charge in [0.2, 0.25) is 0 Å². The van der Waals surface area contributed by atoms with E-state index >= 15 is 0 Å². The van der Waals surface area contributed by atoms with Crippen molar-refractivity contribution in [2.75, 3.05) is 0 Å². The normalized spacial score (nSPS) is 14.4. The van der Waals surface area contributed by atoms with E-state index in [1.807, 2.05) is 91.0 Å². The monoisotopic (exact) mass is 581 g/mol. The van der Waals surface area contributed by atoms with Gasteiger partial charge in [-0.25, -0.2) is 0 Å². The van der Waals surface area contributed by atoms with E-state index in [-0.39, 0.29) is 28.8 Å². The van der Waals surface area contributed by atoms with Gasteiger partial charge in [0.15, 0.2) is 0 Å². The summed E-state index contributed by atoms with van der Waals surface area (Å²) < 4.78 is 85.1. The summed E-state index contributed by atoms with van der Waals surface area (Å²) in [4.78, 5) is 0. The molecular weight excluding hydrogens is 544 g/mol. The van der Waals surface area contributed by atoms with E-state index < -0.39 is 42.3 Å². The highest BCUT2D eigenvalue weighted by Gasteiger charge is 2.21. The molecule has 0 aliphatic rings. The highest BCUT2D eigenvalue weighted by molar-refractivity contribution is 6.27. The fourth-order valence-electron chi connectivity index (χ4n) is 6.59. The van der Waals surface area contributed by atoms with Crippen LogP contribution in [0, 0.1) is 0 Å². The van der Waals surface area contributed by atoms with Crippen molar-refractivity contribution in [1.82, 2.24) is 0 Å². The summed E-state index contributed by atoms with van der Waals surface area (Å²) in [5.74, 6) is 0. The van der Waals surface area contributed by atoms with Crippen LogP contribution in [0.2, 0.25) is 0 Å². The van der Waals surface area contributed by atoms with Crippen LogP contribution in [0.15, 0.2) is 174 Å². The fourth-order valence-corrected chi connectivity index (χ4v) is 6.59. The quantitative estimate of drug-likeness (QED) is 0.188. The zero-order valence-electron chi connectivity index (χ0n) is 32.9. The summed E-state index contributed by atoms with van der Waals surface area (Å²) >= 11 is 0. The molecule has 0 N–H and O–H groups in total. The molecule has 0 aliphatic heterocycles. The number of fused-ring (bicyclic) bond motifs is 5. The first-order valence-electron chi connectivity index (χ1n) is 19.2. The first-order chi connectivity index (χ1) is 26.1. The van der Waals surface area contributed by atoms with Crippen LogP contribution in [-0.2, 0) is 0 Å². The molecule has 8 aromatic carbocycles. The second-order valence-electron chi connectivity index (χ2n) is 10.9. The Morgan fingerprint density at radius 1 is 0.378 bits per heavy atom. The molecule has 1 aromatic heterocycles. The standard InChI is InChI=1S/C44H28O/c1-3-14-29(15-4-1)31-18-11-19-32(28-31)41-34-20-7-9-22-36(34)42(37-23-10-8-21-35(37)41)38-25-13-27-40-44(38)43-33(24-12-26-39(43)45-40)30-16-5-2-6-17-30/h1-28H/i1D,3D,4D,11D,14D,15D,18D,19D,28D. The van der Waals surface area contributed by atoms with Gasteiger partial charge in [-0.2, -0.15) is 0 Å². The number of hydrogen-bond acceptors (Lipinski definition) is 1. The summed E-state index contributed by atoms with van der Waals surface area (Å²) in [6.45, 7) is 0. The zero-order chi connectivity index (χ0) is 37.6. The van der Waals surface area contributed by atoms with Crippen LogP contribution in [-0.4, -0.2) is 0 Å². The zero-order valence-corrected chi connectivity index (χ0v) is 23.9. The van der Waals surface area contributed by atoms with Crippen molar-refractivity contribution in [2.24, 2.45) is 0 Å². The van der Waals surface area contributed by atoms with Crippen LogP contribution in [0.5, 0.6) is 0 Å². The molecule has 0 bridgehead atoms. The van der Waals surface area contributed by atoms with Crippen molar-refractivity contribution < 1.29 is 16.8 Å². The molecule has 210 valence electrons. The molecule has 1 nitrogen and oxygen atoms in total. The molecule has 0 saturated heterocycles. The third kappa shape index (κ3) is 4.09. The maximum atomic E-state index is 9.57. The van der Waals surface area contributed by atoms with Gasteiger partial charge < -0.3 is 4.42 Å². The van der Waals surface area contributed by atoms with E-state index in [4.69, 9.17) is 14.0 Å². The van der Waals surface area contributed by atoms with Crippen molar-refractivity contribution in [3.63, 3.8) is 0 Å². The number of benzene rings is 8. The summed E-state index contributed by atoms with van der Waals surface area (Å²) in [5.41, 5.74) is 5.27. The molecule has 0 unspecified atom stereocenters. The van der Waals surface area contributed by atoms with Crippen molar-refractivity contribution in [3.8, 4) is 44.5 Å². The summed E-state index contributed by atoms with van der Waals surface area (Å²) in [6.07, 6.45) is 0. The van der Waals surface area contributed by atoms with Crippen molar-refractivity contribution in [1.29, 1.82) is 0 Å². The maximum Gasteiger partial charge on any atom is 0.136 e. The van der Waals surface area contributed by atoms with Crippen molar-refractivity contribution in [3.05, 3.63) is 170 Å². The minimum Gasteiger partial charge on any atom is -0.456 e. The van der Waals surface area contributed by atoms with Gasteiger partial charge in [-0.05, 0) is 84.2 Å². The third-order valence-electron chi connectivity index (χ3n) is 8.43. The van der Waals surface area contributed by atoms with Crippen LogP contribution < -0.4 is 0 Å². The molecule has 0 fully saturated rings. The van der Waals surface area contributed by atoms with E-state index in [1.165, 1.54) is 0 Å². The van der Waals surface area contributed by atoms with Crippen molar-refractivity contribution in [2.45, 2.75) is 0 Å². The number of furan rings is 1. The minimum absolute atomic E-state index is 0.0371. The minimum atomic E-state index is -0.607. The second kappa shape index (κ2) is 10.4. The molecular formula is C44H28O. The van der Waals surface area contributed by atoms with E-state index in [0.717, 1.165) is 55.0 Å². The van der Waals surface area contributed by atoms with Crippen LogP contribution in [0.1, 0.15) is 12.3 Å². The van der Waals surface area contributed by atoms with Gasteiger partial charge in [0.1, 0.15) is 11.2 Å². The second-order valence-corrected chi connectivity index (χ2v) is 10.9. The van der Waals surface area contributed by atoms with Gasteiger partial charge >= 0.3 is 0 Å². The molecule has 0 radical (unpaired) electrons. The van der Waals surface area contributed by atoms with E-state index in [0.29, 0.717) is 16.3 Å². The first-order valence-corrected chi connectivity index (χ1v) is 14.7. The van der Waals surface area contributed by atoms with Crippen LogP contribution in [0.25, 0.3) is 88.0 Å². The summed E-state index contributed by atoms with van der Waals surface area (Å²) in [7, 11) is 0. The molecule has 0 atom stereocenters. The lowest BCUT2D eigenvalue weighted by atomic mass is 9.84. The first kappa shape index (κ1) is 18.0. The Bertz CT molecular complexity index is 2960. The summed E-state index contributed by atoms with van der Waals surface area (Å²) in [5, 5.41) is 4.91. The highest BCUT2D eigenvalue weighted by Crippen LogP contribution is 2.48. The van der Waals surface area contributed by atoms with Gasteiger partial charge in [-0.3, -0.25) is 0 Å². The average molecular weight is 582 g/mol. The third-order valence-corrected chi connectivity index (χ3v) is 8.43. The van der Waals surface area contributed by atoms with Crippen molar-refractivity contribution >= 4 is 43.5 Å². The van der Waals surface area contributed by atoms with Crippen LogP contribution in [0.3, 0.4) is 0 Å². The Kier molecular flexibility index (Phi) is 4.15. The molecule has 0 saturated carbocycles. The lowest BCUT2D eigenvalue weighted by Crippen LogP contribution is -1.92. The molecule has 9 aromatic rings. The van der Waals surface area contributed by atoms with Crippen LogP contribution in [0.4, 0.5) is 0 Å². The van der Waals surface area contributed by atoms with Gasteiger partial charge in [-0.15, -0.1) is 0 Å². The van der Waals surface area contributed by atoms with Gasteiger partial charge in [-0.1, -0.05) is 151 Å². The molecule has 0 aliphatic carbocycles. The lowest BCUT2D eigenvalue weighted by molar-refractivity contribution is 0.669. The topological polar surface area (TPSA) is 13.1 Å². The highest BCUT2D eigenvalue weighted by atomic mass is 16.3. The lowest BCUT2D eigenvalue weighted by Gasteiger charge is -2.19. The Balaban J connectivity index is 1.43. The smallest absolute Gasteiger partial charge is 0.136 e. The number of hydrogen-bond donors (Lipinski definition) is 0. The molecule has 9 rings (SSSR count). The summed E-state index contributed by atoms with van der Waals surface area (Å²) in [6, 6.07) is 32.9. The molecule has 1 heteroatoms. The van der Waals surface area contributed by atoms with Gasteiger partial charge in [0.25, 0.3) is 0 Å². The fraction of sp³-hybridized carbons (Fsp3) is 0. The van der Waals surface area contributed by atoms with Gasteiger partial charge in [0, 0.05) is 10.8 Å². The Hall–Kier alpha value is -5.92. The van der Waals surface area contributed by atoms with Gasteiger partial charge in [0.05, 0.1) is 12.3 Å². The average Bonchev–Trinajstić information content (AvgIpc) is 3.59. The molecule has 45 heavy (non-hydrogen) atoms. The number of rotatable bonds is 4. The predicted octanol–water partition coefficient (Wildman–Crippen LogP) is 12.6. The molecule has 0 amide bonds. The maximum absolute atomic E-state index is 9.57. The SMILES string of the molecule is [2H]c1c([2H])c([2H])c(-c2c([2H])c([2H])c([2H])c(-c3c4ccccc4c(-c4cccc5oc6cccc(-c7ccccc7)c6c45)c4ccccc34)c2[2H])c([2H])c1[2H]. The van der Waals surface area contributed by atoms with E-state index in [2.05, 4.69) is 24.3 Å². The predicted molar refractivity (Wildman–Crippen MR) is 190 cm³/mol. The Labute approximate surface area is 274 Å². The molecule has 1 heterocycles. The van der Waals surface area contributed by atoms with E-state index in [9.17, 15) is 2.74 Å². The largest absolute Gasteiger partial charge is 0.456 e.